The van der Waals surface area contributed by atoms with Crippen LogP contribution in [0.4, 0.5) is 20.6 Å². The second kappa shape index (κ2) is 8.61. The molecule has 4 rings (SSSR count). The van der Waals surface area contributed by atoms with Gasteiger partial charge in [0.15, 0.2) is 0 Å². The number of likely N-dealkylation sites (tertiary alicyclic amines) is 1. The van der Waals surface area contributed by atoms with E-state index in [0.717, 1.165) is 56.8 Å². The van der Waals surface area contributed by atoms with E-state index in [1.54, 1.807) is 0 Å². The van der Waals surface area contributed by atoms with Crippen molar-refractivity contribution in [3.05, 3.63) is 59.4 Å². The molecule has 2 N–H and O–H groups in total. The Morgan fingerprint density at radius 3 is 2.59 bits per heavy atom. The number of fused-ring (bicyclic) bond motifs is 1. The molecule has 0 aromatic heterocycles. The van der Waals surface area contributed by atoms with E-state index in [1.165, 1.54) is 29.8 Å². The predicted molar refractivity (Wildman–Crippen MR) is 110 cm³/mol. The second-order valence-electron chi connectivity index (χ2n) is 7.54. The van der Waals surface area contributed by atoms with E-state index in [-0.39, 0.29) is 17.8 Å². The van der Waals surface area contributed by atoms with E-state index < -0.39 is 0 Å². The summed E-state index contributed by atoms with van der Waals surface area (Å²) < 4.78 is 13.0. The van der Waals surface area contributed by atoms with Gasteiger partial charge in [0.25, 0.3) is 0 Å². The largest absolute Gasteiger partial charge is 0.341 e. The minimum Gasteiger partial charge on any atom is -0.341 e. The van der Waals surface area contributed by atoms with E-state index in [9.17, 15) is 14.0 Å². The number of amides is 3. The Bertz CT molecular complexity index is 900. The fourth-order valence-corrected chi connectivity index (χ4v) is 4.00. The normalized spacial score (nSPS) is 16.6. The van der Waals surface area contributed by atoms with Gasteiger partial charge in [-0.05, 0) is 54.3 Å². The highest BCUT2D eigenvalue weighted by Gasteiger charge is 2.23. The maximum atomic E-state index is 13.0. The first-order chi connectivity index (χ1) is 14.1. The third-order valence-corrected chi connectivity index (χ3v) is 5.55. The van der Waals surface area contributed by atoms with Gasteiger partial charge in [0.2, 0.25) is 5.91 Å². The minimum atomic E-state index is -0.347. The molecule has 0 unspecified atom stereocenters. The van der Waals surface area contributed by atoms with E-state index >= 15 is 0 Å². The maximum Gasteiger partial charge on any atom is 0.323 e. The molecule has 0 saturated carbocycles. The van der Waals surface area contributed by atoms with E-state index in [0.29, 0.717) is 12.1 Å². The molecule has 29 heavy (non-hydrogen) atoms. The number of benzene rings is 2. The fourth-order valence-electron chi connectivity index (χ4n) is 4.00. The van der Waals surface area contributed by atoms with Crippen LogP contribution in [0.15, 0.2) is 42.5 Å². The van der Waals surface area contributed by atoms with Gasteiger partial charge in [-0.1, -0.05) is 12.1 Å². The lowest BCUT2D eigenvalue weighted by molar-refractivity contribution is -0.127. The number of anilines is 2. The molecule has 152 valence electrons. The number of nitrogens with one attached hydrogen (secondary N) is 2. The lowest BCUT2D eigenvalue weighted by Crippen LogP contribution is -2.38. The highest BCUT2D eigenvalue weighted by Crippen LogP contribution is 2.26. The molecule has 1 fully saturated rings. The van der Waals surface area contributed by atoms with E-state index in [2.05, 4.69) is 21.6 Å². The average molecular weight is 396 g/mol. The van der Waals surface area contributed by atoms with Crippen LogP contribution in [0.2, 0.25) is 0 Å². The van der Waals surface area contributed by atoms with Crippen LogP contribution in [0.1, 0.15) is 24.0 Å². The van der Waals surface area contributed by atoms with Crippen LogP contribution in [-0.2, 0) is 17.8 Å². The van der Waals surface area contributed by atoms with Crippen LogP contribution in [0.5, 0.6) is 0 Å². The summed E-state index contributed by atoms with van der Waals surface area (Å²) in [5.74, 6) is -0.0761. The molecule has 6 nitrogen and oxygen atoms in total. The van der Waals surface area contributed by atoms with Crippen LogP contribution in [0.25, 0.3) is 0 Å². The van der Waals surface area contributed by atoms with Gasteiger partial charge in [-0.3, -0.25) is 9.69 Å². The molecular formula is C22H25FN4O2. The zero-order valence-electron chi connectivity index (χ0n) is 16.3. The third kappa shape index (κ3) is 4.74. The van der Waals surface area contributed by atoms with E-state index in [4.69, 9.17) is 0 Å². The van der Waals surface area contributed by atoms with Crippen molar-refractivity contribution in [3.8, 4) is 0 Å². The zero-order valence-corrected chi connectivity index (χ0v) is 16.3. The first kappa shape index (κ1) is 19.4. The Kier molecular flexibility index (Phi) is 5.76. The molecule has 2 aromatic rings. The lowest BCUT2D eigenvalue weighted by Gasteiger charge is -2.31. The van der Waals surface area contributed by atoms with Crippen LogP contribution < -0.4 is 10.6 Å². The van der Waals surface area contributed by atoms with Crippen LogP contribution in [-0.4, -0.2) is 47.9 Å². The molecule has 0 spiro atoms. The monoisotopic (exact) mass is 396 g/mol. The highest BCUT2D eigenvalue weighted by atomic mass is 19.1. The number of hydrogen-bond acceptors (Lipinski definition) is 3. The zero-order chi connectivity index (χ0) is 20.2. The Labute approximate surface area is 169 Å². The molecule has 2 aromatic carbocycles. The van der Waals surface area contributed by atoms with Crippen molar-refractivity contribution in [1.82, 2.24) is 9.80 Å². The Morgan fingerprint density at radius 1 is 1.00 bits per heavy atom. The summed E-state index contributed by atoms with van der Waals surface area (Å²) in [6, 6.07) is 11.3. The molecule has 0 atom stereocenters. The van der Waals surface area contributed by atoms with Crippen molar-refractivity contribution in [2.24, 2.45) is 0 Å². The van der Waals surface area contributed by atoms with Crippen molar-refractivity contribution in [3.63, 3.8) is 0 Å². The van der Waals surface area contributed by atoms with Gasteiger partial charge in [-0.25, -0.2) is 9.18 Å². The maximum absolute atomic E-state index is 13.0. The van der Waals surface area contributed by atoms with Gasteiger partial charge >= 0.3 is 6.03 Å². The number of nitrogens with zero attached hydrogens (tertiary/aromatic N) is 2. The first-order valence-electron chi connectivity index (χ1n) is 10.0. The summed E-state index contributed by atoms with van der Waals surface area (Å²) in [5, 5.41) is 5.64. The highest BCUT2D eigenvalue weighted by molar-refractivity contribution is 6.00. The summed E-state index contributed by atoms with van der Waals surface area (Å²) in [5.41, 5.74) is 3.69. The molecule has 2 aliphatic rings. The molecule has 2 heterocycles. The summed E-state index contributed by atoms with van der Waals surface area (Å²) in [7, 11) is 0. The van der Waals surface area contributed by atoms with Gasteiger partial charge in [-0.2, -0.15) is 0 Å². The number of carbonyl (C=O) groups excluding carboxylic acids is 2. The molecule has 0 aliphatic carbocycles. The van der Waals surface area contributed by atoms with Crippen molar-refractivity contribution in [2.45, 2.75) is 25.8 Å². The Hall–Kier alpha value is -2.93. The van der Waals surface area contributed by atoms with Crippen molar-refractivity contribution >= 4 is 23.3 Å². The smallest absolute Gasteiger partial charge is 0.323 e. The molecule has 0 radical (unpaired) electrons. The Balaban J connectivity index is 1.35. The number of hydrogen-bond donors (Lipinski definition) is 2. The minimum absolute atomic E-state index is 0.265. The van der Waals surface area contributed by atoms with Crippen LogP contribution >= 0.6 is 0 Å². The predicted octanol–water partition coefficient (Wildman–Crippen LogP) is 3.45. The standard InChI is InChI=1S/C22H25FN4O2/c23-17-6-8-18(9-7-17)24-22(29)25-20-4-1-3-16-15-26(12-10-19(16)20)13-14-27-11-2-5-21(27)28/h1,3-4,6-9H,2,5,10-15H2,(H2,24,25,29). The summed E-state index contributed by atoms with van der Waals surface area (Å²) >= 11 is 0. The lowest BCUT2D eigenvalue weighted by atomic mass is 9.97. The summed E-state index contributed by atoms with van der Waals surface area (Å²) in [4.78, 5) is 28.4. The second-order valence-corrected chi connectivity index (χ2v) is 7.54. The molecule has 7 heteroatoms. The average Bonchev–Trinajstić information content (AvgIpc) is 3.13. The van der Waals surface area contributed by atoms with Gasteiger partial charge in [0, 0.05) is 50.5 Å². The van der Waals surface area contributed by atoms with Gasteiger partial charge in [-0.15, -0.1) is 0 Å². The van der Waals surface area contributed by atoms with Crippen LogP contribution in [0, 0.1) is 5.82 Å². The quantitative estimate of drug-likeness (QED) is 0.814. The molecular weight excluding hydrogens is 371 g/mol. The van der Waals surface area contributed by atoms with Crippen molar-refractivity contribution in [1.29, 1.82) is 0 Å². The third-order valence-electron chi connectivity index (χ3n) is 5.55. The first-order valence-corrected chi connectivity index (χ1v) is 10.0. The number of halogens is 1. The van der Waals surface area contributed by atoms with E-state index in [1.807, 2.05) is 17.0 Å². The molecule has 3 amide bonds. The molecule has 0 bridgehead atoms. The molecule has 1 saturated heterocycles. The summed E-state index contributed by atoms with van der Waals surface area (Å²) in [6.45, 7) is 4.24. The summed E-state index contributed by atoms with van der Waals surface area (Å²) in [6.07, 6.45) is 2.49. The number of carbonyl (C=O) groups is 2. The number of rotatable bonds is 5. The topological polar surface area (TPSA) is 64.7 Å². The molecule has 2 aliphatic heterocycles. The van der Waals surface area contributed by atoms with Gasteiger partial charge in [0.1, 0.15) is 5.82 Å². The van der Waals surface area contributed by atoms with Gasteiger partial charge < -0.3 is 15.5 Å². The fraction of sp³-hybridized carbons (Fsp3) is 0.364. The van der Waals surface area contributed by atoms with Crippen LogP contribution in [0.3, 0.4) is 0 Å². The van der Waals surface area contributed by atoms with Crippen molar-refractivity contribution < 1.29 is 14.0 Å². The Morgan fingerprint density at radius 2 is 1.83 bits per heavy atom. The SMILES string of the molecule is O=C(Nc1ccc(F)cc1)Nc1cccc2c1CCN(CCN1CCCC1=O)C2. The van der Waals surface area contributed by atoms with Gasteiger partial charge in [0.05, 0.1) is 0 Å². The van der Waals surface area contributed by atoms with Crippen molar-refractivity contribution in [2.75, 3.05) is 36.8 Å². The number of urea groups is 1.